The van der Waals surface area contributed by atoms with Crippen LogP contribution in [0, 0.1) is 5.41 Å². The van der Waals surface area contributed by atoms with E-state index in [9.17, 15) is 0 Å². The molecule has 0 atom stereocenters. The van der Waals surface area contributed by atoms with Gasteiger partial charge in [0.2, 0.25) is 0 Å². The van der Waals surface area contributed by atoms with Gasteiger partial charge in [-0.1, -0.05) is 64.3 Å². The number of anilines is 2. The molecule has 0 amide bonds. The Labute approximate surface area is 180 Å². The van der Waals surface area contributed by atoms with Crippen LogP contribution in [0.15, 0.2) is 95.9 Å². The Morgan fingerprint density at radius 1 is 0.900 bits per heavy atom. The molecule has 0 saturated heterocycles. The second-order valence-corrected chi connectivity index (χ2v) is 8.64. The van der Waals surface area contributed by atoms with Gasteiger partial charge in [0.25, 0.3) is 0 Å². The molecule has 0 bridgehead atoms. The lowest BCUT2D eigenvalue weighted by Crippen LogP contribution is -2.24. The molecule has 4 nitrogen and oxygen atoms in total. The zero-order valence-corrected chi connectivity index (χ0v) is 18.3. The second-order valence-electron chi connectivity index (χ2n) is 8.64. The van der Waals surface area contributed by atoms with Crippen LogP contribution in [0.2, 0.25) is 0 Å². The van der Waals surface area contributed by atoms with Gasteiger partial charge in [-0.3, -0.25) is 4.99 Å². The highest BCUT2D eigenvalue weighted by atomic mass is 15.1. The maximum Gasteiger partial charge on any atom is 0.126 e. The molecule has 3 N–H and O–H groups in total. The Bertz CT molecular complexity index is 945. The lowest BCUT2D eigenvalue weighted by atomic mass is 9.87. The van der Waals surface area contributed by atoms with E-state index >= 15 is 0 Å². The van der Waals surface area contributed by atoms with Crippen molar-refractivity contribution in [1.82, 2.24) is 5.32 Å². The van der Waals surface area contributed by atoms with Crippen LogP contribution in [0.5, 0.6) is 0 Å². The molecule has 0 saturated carbocycles. The maximum absolute atomic E-state index is 4.54. The van der Waals surface area contributed by atoms with Crippen LogP contribution >= 0.6 is 0 Å². The third-order valence-corrected chi connectivity index (χ3v) is 5.03. The predicted octanol–water partition coefficient (Wildman–Crippen LogP) is 6.10. The molecule has 0 fully saturated rings. The number of hydrogen-bond acceptors (Lipinski definition) is 4. The summed E-state index contributed by atoms with van der Waals surface area (Å²) in [4.78, 5) is 4.54. The van der Waals surface area contributed by atoms with Crippen molar-refractivity contribution in [3.8, 4) is 0 Å². The maximum atomic E-state index is 4.54. The van der Waals surface area contributed by atoms with Crippen LogP contribution in [0.1, 0.15) is 32.8 Å². The van der Waals surface area contributed by atoms with Crippen molar-refractivity contribution >= 4 is 17.2 Å². The SMILES string of the molecule is C=C(CCc1ccccc1)Nc1ccc(NC(=C)NC2=NCC(C(C)(C)C)=C2)cc1. The molecule has 0 unspecified atom stereocenters. The number of allylic oxidation sites excluding steroid dienone is 1. The van der Waals surface area contributed by atoms with Gasteiger partial charge in [-0.25, -0.2) is 0 Å². The zero-order chi connectivity index (χ0) is 21.6. The topological polar surface area (TPSA) is 48.4 Å². The summed E-state index contributed by atoms with van der Waals surface area (Å²) in [5, 5.41) is 9.91. The number of nitrogens with one attached hydrogen (secondary N) is 3. The van der Waals surface area contributed by atoms with Gasteiger partial charge in [-0.2, -0.15) is 0 Å². The molecule has 4 heteroatoms. The average Bonchev–Trinajstić information content (AvgIpc) is 3.17. The molecule has 3 rings (SSSR count). The summed E-state index contributed by atoms with van der Waals surface area (Å²) in [6.07, 6.45) is 3.99. The predicted molar refractivity (Wildman–Crippen MR) is 130 cm³/mol. The fraction of sp³-hybridized carbons (Fsp3) is 0.269. The van der Waals surface area contributed by atoms with E-state index in [1.54, 1.807) is 0 Å². The lowest BCUT2D eigenvalue weighted by Gasteiger charge is -2.18. The summed E-state index contributed by atoms with van der Waals surface area (Å²) < 4.78 is 0. The van der Waals surface area contributed by atoms with Crippen LogP contribution in [0.25, 0.3) is 0 Å². The number of amidine groups is 1. The standard InChI is InChI=1S/C26H32N4/c1-19(11-12-21-9-7-6-8-10-21)28-23-13-15-24(16-14-23)29-20(2)30-25-17-22(18-27-25)26(3,4)5/h6-10,13-17,28-29H,1-2,11-12,18H2,3-5H3,(H,27,30). The Hall–Kier alpha value is -3.27. The van der Waals surface area contributed by atoms with E-state index in [0.717, 1.165) is 42.3 Å². The summed E-state index contributed by atoms with van der Waals surface area (Å²) in [5.74, 6) is 1.55. The van der Waals surface area contributed by atoms with Crippen LogP contribution in [0.4, 0.5) is 11.4 Å². The van der Waals surface area contributed by atoms with Crippen molar-refractivity contribution in [2.75, 3.05) is 17.2 Å². The Kier molecular flexibility index (Phi) is 6.78. The van der Waals surface area contributed by atoms with Gasteiger partial charge in [0.05, 0.1) is 6.54 Å². The lowest BCUT2D eigenvalue weighted by molar-refractivity contribution is 0.499. The van der Waals surface area contributed by atoms with E-state index in [0.29, 0.717) is 5.82 Å². The summed E-state index contributed by atoms with van der Waals surface area (Å²) in [5.41, 5.74) is 5.77. The third kappa shape index (κ3) is 6.38. The van der Waals surface area contributed by atoms with Gasteiger partial charge < -0.3 is 16.0 Å². The summed E-state index contributed by atoms with van der Waals surface area (Å²) in [6, 6.07) is 18.6. The molecular weight excluding hydrogens is 368 g/mol. The Morgan fingerprint density at radius 2 is 1.53 bits per heavy atom. The largest absolute Gasteiger partial charge is 0.359 e. The summed E-state index contributed by atoms with van der Waals surface area (Å²) >= 11 is 0. The zero-order valence-electron chi connectivity index (χ0n) is 18.3. The fourth-order valence-corrected chi connectivity index (χ4v) is 3.16. The molecule has 1 aliphatic heterocycles. The van der Waals surface area contributed by atoms with E-state index < -0.39 is 0 Å². The van der Waals surface area contributed by atoms with Gasteiger partial charge >= 0.3 is 0 Å². The summed E-state index contributed by atoms with van der Waals surface area (Å²) in [7, 11) is 0. The molecule has 0 radical (unpaired) electrons. The molecule has 156 valence electrons. The van der Waals surface area contributed by atoms with Gasteiger partial charge in [0.15, 0.2) is 0 Å². The van der Waals surface area contributed by atoms with Crippen LogP contribution in [-0.4, -0.2) is 12.4 Å². The van der Waals surface area contributed by atoms with E-state index in [-0.39, 0.29) is 5.41 Å². The highest BCUT2D eigenvalue weighted by Gasteiger charge is 2.20. The molecule has 0 aliphatic carbocycles. The monoisotopic (exact) mass is 400 g/mol. The van der Waals surface area contributed by atoms with E-state index in [2.05, 4.69) is 85.2 Å². The average molecular weight is 401 g/mol. The van der Waals surface area contributed by atoms with Gasteiger partial charge in [0.1, 0.15) is 11.7 Å². The number of benzene rings is 2. The first-order valence-corrected chi connectivity index (χ1v) is 10.4. The molecule has 2 aromatic rings. The first-order chi connectivity index (χ1) is 14.3. The van der Waals surface area contributed by atoms with Gasteiger partial charge in [-0.15, -0.1) is 0 Å². The van der Waals surface area contributed by atoms with E-state index in [1.807, 2.05) is 30.3 Å². The molecule has 1 aliphatic rings. The van der Waals surface area contributed by atoms with Crippen LogP contribution < -0.4 is 16.0 Å². The fourth-order valence-electron chi connectivity index (χ4n) is 3.16. The summed E-state index contributed by atoms with van der Waals surface area (Å²) in [6.45, 7) is 15.6. The number of aryl methyl sites for hydroxylation is 1. The third-order valence-electron chi connectivity index (χ3n) is 5.03. The smallest absolute Gasteiger partial charge is 0.126 e. The van der Waals surface area contributed by atoms with Crippen molar-refractivity contribution in [2.45, 2.75) is 33.6 Å². The number of nitrogens with zero attached hydrogens (tertiary/aromatic N) is 1. The Morgan fingerprint density at radius 3 is 2.13 bits per heavy atom. The normalized spacial score (nSPS) is 13.3. The minimum Gasteiger partial charge on any atom is -0.359 e. The minimum atomic E-state index is 0.135. The van der Waals surface area contributed by atoms with Crippen molar-refractivity contribution < 1.29 is 0 Å². The van der Waals surface area contributed by atoms with Crippen molar-refractivity contribution in [1.29, 1.82) is 0 Å². The molecule has 2 aromatic carbocycles. The van der Waals surface area contributed by atoms with Crippen LogP contribution in [-0.2, 0) is 6.42 Å². The highest BCUT2D eigenvalue weighted by Crippen LogP contribution is 2.27. The van der Waals surface area contributed by atoms with E-state index in [1.165, 1.54) is 11.1 Å². The minimum absolute atomic E-state index is 0.135. The van der Waals surface area contributed by atoms with Crippen molar-refractivity contribution in [2.24, 2.45) is 10.4 Å². The quantitative estimate of drug-likeness (QED) is 0.501. The van der Waals surface area contributed by atoms with Crippen molar-refractivity contribution in [3.63, 3.8) is 0 Å². The molecule has 0 spiro atoms. The van der Waals surface area contributed by atoms with Crippen LogP contribution in [0.3, 0.4) is 0 Å². The molecular formula is C26H32N4. The Balaban J connectivity index is 1.45. The van der Waals surface area contributed by atoms with Crippen molar-refractivity contribution in [3.05, 3.63) is 96.5 Å². The molecule has 1 heterocycles. The number of rotatable bonds is 8. The molecule has 0 aromatic heterocycles. The van der Waals surface area contributed by atoms with Gasteiger partial charge in [0, 0.05) is 17.1 Å². The highest BCUT2D eigenvalue weighted by molar-refractivity contribution is 5.97. The first-order valence-electron chi connectivity index (χ1n) is 10.4. The number of hydrogen-bond donors (Lipinski definition) is 3. The van der Waals surface area contributed by atoms with Gasteiger partial charge in [-0.05, 0) is 59.7 Å². The number of aliphatic imine (C=N–C) groups is 1. The molecule has 30 heavy (non-hydrogen) atoms. The van der Waals surface area contributed by atoms with E-state index in [4.69, 9.17) is 0 Å². The second kappa shape index (κ2) is 9.49. The first kappa shape index (κ1) is 21.4.